The van der Waals surface area contributed by atoms with E-state index in [4.69, 9.17) is 0 Å². The highest BCUT2D eigenvalue weighted by atomic mass is 32.3. The van der Waals surface area contributed by atoms with Gasteiger partial charge in [0.25, 0.3) is 5.91 Å². The zero-order valence-electron chi connectivity index (χ0n) is 20.0. The lowest BCUT2D eigenvalue weighted by Gasteiger charge is -2.41. The predicted octanol–water partition coefficient (Wildman–Crippen LogP) is 4.09. The van der Waals surface area contributed by atoms with E-state index < -0.39 is 34.7 Å². The Balaban J connectivity index is 1.58. The summed E-state index contributed by atoms with van der Waals surface area (Å²) in [6, 6.07) is 15.3. The average Bonchev–Trinajstić information content (AvgIpc) is 3.37. The number of anilines is 1. The third-order valence-electron chi connectivity index (χ3n) is 6.33. The number of aromatic nitrogens is 3. The van der Waals surface area contributed by atoms with Gasteiger partial charge < -0.3 is 9.88 Å². The minimum atomic E-state index is -3.62. The van der Waals surface area contributed by atoms with Crippen LogP contribution in [0, 0.1) is 0 Å². The predicted molar refractivity (Wildman–Crippen MR) is 138 cm³/mol. The molecule has 0 spiro atoms. The van der Waals surface area contributed by atoms with E-state index in [-0.39, 0.29) is 11.3 Å². The Kier molecular flexibility index (Phi) is 6.05. The Morgan fingerprint density at radius 2 is 1.81 bits per heavy atom. The quantitative estimate of drug-likeness (QED) is 0.359. The highest BCUT2D eigenvalue weighted by Gasteiger charge is 2.48. The first-order valence-corrected chi connectivity index (χ1v) is 13.1. The van der Waals surface area contributed by atoms with Crippen LogP contribution in [0.25, 0.3) is 16.6 Å². The van der Waals surface area contributed by atoms with Crippen LogP contribution in [-0.4, -0.2) is 47.1 Å². The smallest absolute Gasteiger partial charge is 0.321 e. The molecule has 0 aliphatic carbocycles. The van der Waals surface area contributed by atoms with Crippen LogP contribution < -0.4 is 15.2 Å². The Labute approximate surface area is 212 Å². The van der Waals surface area contributed by atoms with Crippen LogP contribution in [0.3, 0.4) is 0 Å². The molecule has 0 bridgehead atoms. The van der Waals surface area contributed by atoms with Gasteiger partial charge in [0, 0.05) is 31.6 Å². The number of hydrogen-bond donors (Lipinski definition) is 3. The maximum absolute atomic E-state index is 13.7. The monoisotopic (exact) mass is 529 g/mol. The van der Waals surface area contributed by atoms with Crippen molar-refractivity contribution in [3.8, 4) is 5.69 Å². The van der Waals surface area contributed by atoms with Gasteiger partial charge in [-0.15, -0.1) is 10.8 Å². The summed E-state index contributed by atoms with van der Waals surface area (Å²) in [7, 11) is -1.85. The molecule has 4 aromatic rings. The SMILES string of the molecule is Cn1cc(-n2ncc3cc(N4[C@H](c5ccccc5)[C@@H](NC(=O)C(C)(F)F)CS4(O)O)ccc32)ccc1=O. The van der Waals surface area contributed by atoms with Gasteiger partial charge in [-0.3, -0.25) is 23.0 Å². The van der Waals surface area contributed by atoms with E-state index in [0.29, 0.717) is 34.8 Å². The summed E-state index contributed by atoms with van der Waals surface area (Å²) in [6.07, 6.45) is 3.27. The summed E-state index contributed by atoms with van der Waals surface area (Å²) >= 11 is 0. The molecule has 1 amide bonds. The number of nitrogens with zero attached hydrogens (tertiary/aromatic N) is 4. The number of aryl methyl sites for hydroxylation is 1. The fraction of sp³-hybridized carbons (Fsp3) is 0.240. The van der Waals surface area contributed by atoms with Crippen molar-refractivity contribution in [2.24, 2.45) is 7.05 Å². The maximum Gasteiger partial charge on any atom is 0.321 e. The van der Waals surface area contributed by atoms with Crippen LogP contribution >= 0.6 is 10.8 Å². The van der Waals surface area contributed by atoms with Gasteiger partial charge in [0.15, 0.2) is 0 Å². The Morgan fingerprint density at radius 1 is 1.11 bits per heavy atom. The van der Waals surface area contributed by atoms with Gasteiger partial charge in [0.2, 0.25) is 5.56 Å². The number of carbonyl (C=O) groups is 1. The normalized spacial score (nSPS) is 20.2. The number of pyridine rings is 1. The number of benzene rings is 2. The van der Waals surface area contributed by atoms with Crippen LogP contribution in [0.15, 0.2) is 77.9 Å². The Hall–Kier alpha value is -3.74. The zero-order chi connectivity index (χ0) is 26.5. The van der Waals surface area contributed by atoms with Crippen molar-refractivity contribution in [1.29, 1.82) is 0 Å². The van der Waals surface area contributed by atoms with Crippen LogP contribution in [0.4, 0.5) is 14.5 Å². The maximum atomic E-state index is 13.7. The molecule has 1 saturated heterocycles. The van der Waals surface area contributed by atoms with Crippen molar-refractivity contribution in [2.45, 2.75) is 24.9 Å². The first-order valence-electron chi connectivity index (χ1n) is 11.4. The van der Waals surface area contributed by atoms with Gasteiger partial charge in [-0.1, -0.05) is 30.3 Å². The molecule has 2 atom stereocenters. The highest BCUT2D eigenvalue weighted by Crippen LogP contribution is 2.59. The van der Waals surface area contributed by atoms with Crippen molar-refractivity contribution in [1.82, 2.24) is 19.7 Å². The average molecular weight is 530 g/mol. The molecule has 9 nitrogen and oxygen atoms in total. The van der Waals surface area contributed by atoms with Crippen LogP contribution in [-0.2, 0) is 11.8 Å². The van der Waals surface area contributed by atoms with Gasteiger partial charge in [-0.05, 0) is 29.8 Å². The summed E-state index contributed by atoms with van der Waals surface area (Å²) in [6.45, 7) is 0.501. The summed E-state index contributed by atoms with van der Waals surface area (Å²) < 4.78 is 54.1. The minimum Gasteiger partial charge on any atom is -0.344 e. The summed E-state index contributed by atoms with van der Waals surface area (Å²) in [5.74, 6) is -5.42. The van der Waals surface area contributed by atoms with E-state index in [9.17, 15) is 27.5 Å². The van der Waals surface area contributed by atoms with E-state index in [1.54, 1.807) is 78.7 Å². The van der Waals surface area contributed by atoms with Crippen molar-refractivity contribution in [3.63, 3.8) is 0 Å². The number of rotatable bonds is 5. The van der Waals surface area contributed by atoms with E-state index in [1.165, 1.54) is 14.9 Å². The van der Waals surface area contributed by atoms with E-state index >= 15 is 0 Å². The number of carbonyl (C=O) groups excluding carboxylic acids is 1. The largest absolute Gasteiger partial charge is 0.344 e. The van der Waals surface area contributed by atoms with Gasteiger partial charge >= 0.3 is 5.92 Å². The molecule has 2 aromatic heterocycles. The number of fused-ring (bicyclic) bond motifs is 1. The third kappa shape index (κ3) is 4.59. The number of hydrogen-bond acceptors (Lipinski definition) is 6. The lowest BCUT2D eigenvalue weighted by molar-refractivity contribution is -0.143. The van der Waals surface area contributed by atoms with Gasteiger partial charge in [0.1, 0.15) is 0 Å². The van der Waals surface area contributed by atoms with Gasteiger partial charge in [-0.25, -0.2) is 4.68 Å². The third-order valence-corrected chi connectivity index (χ3v) is 8.20. The van der Waals surface area contributed by atoms with Crippen molar-refractivity contribution < 1.29 is 22.7 Å². The summed E-state index contributed by atoms with van der Waals surface area (Å²) in [5, 5.41) is 7.43. The van der Waals surface area contributed by atoms with Crippen molar-refractivity contribution in [3.05, 3.63) is 89.0 Å². The number of halogens is 2. The molecule has 3 N–H and O–H groups in total. The first-order chi connectivity index (χ1) is 17.5. The standard InChI is InChI=1S/C25H25F2N5O4S/c1-25(26,27)24(34)29-20-15-37(35,36)32(23(20)16-6-4-3-5-7-16)18-8-10-21-17(12-18)13-28-31(21)19-9-11-22(33)30(2)14-19/h3-14,20,23,35-36H,15H2,1-2H3,(H,29,34)/t20-,23+/m0/s1. The molecule has 5 rings (SSSR count). The van der Waals surface area contributed by atoms with E-state index in [0.717, 1.165) is 0 Å². The molecule has 2 aromatic carbocycles. The topological polar surface area (TPSA) is 113 Å². The highest BCUT2D eigenvalue weighted by molar-refractivity contribution is 8.25. The second-order valence-electron chi connectivity index (χ2n) is 9.08. The summed E-state index contributed by atoms with van der Waals surface area (Å²) in [4.78, 5) is 23.9. The van der Waals surface area contributed by atoms with Crippen molar-refractivity contribution in [2.75, 3.05) is 10.1 Å². The molecule has 37 heavy (non-hydrogen) atoms. The van der Waals surface area contributed by atoms with Gasteiger partial charge in [0.05, 0.1) is 40.9 Å². The molecule has 194 valence electrons. The second kappa shape index (κ2) is 8.98. The molecule has 0 unspecified atom stereocenters. The van der Waals surface area contributed by atoms with Gasteiger partial charge in [-0.2, -0.15) is 13.9 Å². The minimum absolute atomic E-state index is 0.156. The molecule has 1 aliphatic rings. The van der Waals surface area contributed by atoms with E-state index in [2.05, 4.69) is 10.4 Å². The first kappa shape index (κ1) is 24.9. The number of amides is 1. The Bertz CT molecular complexity index is 1530. The molecule has 3 heterocycles. The summed E-state index contributed by atoms with van der Waals surface area (Å²) in [5.41, 5.74) is 2.29. The lowest BCUT2D eigenvalue weighted by Crippen LogP contribution is -2.47. The van der Waals surface area contributed by atoms with Crippen LogP contribution in [0.5, 0.6) is 0 Å². The van der Waals surface area contributed by atoms with Crippen LogP contribution in [0.2, 0.25) is 0 Å². The zero-order valence-corrected chi connectivity index (χ0v) is 20.8. The molecular weight excluding hydrogens is 504 g/mol. The van der Waals surface area contributed by atoms with Crippen LogP contribution in [0.1, 0.15) is 18.5 Å². The van der Waals surface area contributed by atoms with E-state index in [1.807, 2.05) is 0 Å². The lowest BCUT2D eigenvalue weighted by atomic mass is 9.99. The van der Waals surface area contributed by atoms with Crippen molar-refractivity contribution >= 4 is 33.3 Å². The fourth-order valence-corrected chi connectivity index (χ4v) is 6.58. The molecule has 1 aliphatic heterocycles. The molecule has 0 saturated carbocycles. The number of alkyl halides is 2. The second-order valence-corrected chi connectivity index (χ2v) is 11.1. The molecule has 12 heteroatoms. The molecular formula is C25H25F2N5O4S. The Morgan fingerprint density at radius 3 is 2.49 bits per heavy atom. The molecule has 0 radical (unpaired) electrons. The fourth-order valence-electron chi connectivity index (χ4n) is 4.59. The number of nitrogens with one attached hydrogen (secondary N) is 1. The molecule has 1 fully saturated rings.